The summed E-state index contributed by atoms with van der Waals surface area (Å²) in [7, 11) is 1.56. The number of nitro benzene ring substituents is 1. The Morgan fingerprint density at radius 3 is 2.58 bits per heavy atom. The second kappa shape index (κ2) is 8.67. The highest BCUT2D eigenvalue weighted by molar-refractivity contribution is 7.80. The number of hydrogen-bond acceptors (Lipinski definition) is 5. The van der Waals surface area contributed by atoms with Crippen LogP contribution in [0.3, 0.4) is 0 Å². The topological polar surface area (TPSA) is 93.5 Å². The summed E-state index contributed by atoms with van der Waals surface area (Å²) in [4.78, 5) is 21.7. The second-order valence-corrected chi connectivity index (χ2v) is 5.38. The number of hydrogen-bond donors (Lipinski definition) is 2. The van der Waals surface area contributed by atoms with Crippen LogP contribution in [0, 0.1) is 15.9 Å². The van der Waals surface area contributed by atoms with Gasteiger partial charge in [0.15, 0.2) is 5.11 Å². The monoisotopic (exact) mass is 375 g/mol. The third-order valence-electron chi connectivity index (χ3n) is 3.18. The molecular weight excluding hydrogens is 361 g/mol. The van der Waals surface area contributed by atoms with E-state index in [0.29, 0.717) is 5.75 Å². The minimum absolute atomic E-state index is 0.0738. The van der Waals surface area contributed by atoms with E-state index in [1.165, 1.54) is 12.1 Å². The first-order valence-corrected chi connectivity index (χ1v) is 7.68. The van der Waals surface area contributed by atoms with E-state index in [-0.39, 0.29) is 10.8 Å². The van der Waals surface area contributed by atoms with Gasteiger partial charge in [-0.25, -0.2) is 0 Å². The molecule has 0 radical (unpaired) electrons. The fourth-order valence-corrected chi connectivity index (χ4v) is 2.15. The Labute approximate surface area is 153 Å². The maximum atomic E-state index is 13.3. The van der Waals surface area contributed by atoms with Crippen LogP contribution >= 0.6 is 12.2 Å². The van der Waals surface area contributed by atoms with Crippen molar-refractivity contribution in [2.45, 2.75) is 0 Å². The number of carbonyl (C=O) groups excluding carboxylic acids is 1. The largest absolute Gasteiger partial charge is 0.497 e. The highest BCUT2D eigenvalue weighted by Gasteiger charge is 2.14. The zero-order valence-electron chi connectivity index (χ0n) is 13.6. The molecule has 26 heavy (non-hydrogen) atoms. The second-order valence-electron chi connectivity index (χ2n) is 4.97. The van der Waals surface area contributed by atoms with Gasteiger partial charge in [0.05, 0.1) is 12.0 Å². The average Bonchev–Trinajstić information content (AvgIpc) is 2.61. The Morgan fingerprint density at radius 2 is 1.96 bits per heavy atom. The highest BCUT2D eigenvalue weighted by atomic mass is 32.1. The van der Waals surface area contributed by atoms with E-state index in [2.05, 4.69) is 10.6 Å². The molecule has 0 saturated carbocycles. The van der Waals surface area contributed by atoms with Gasteiger partial charge in [0.1, 0.15) is 5.75 Å². The van der Waals surface area contributed by atoms with Crippen molar-refractivity contribution in [3.63, 3.8) is 0 Å². The van der Waals surface area contributed by atoms with Crippen LogP contribution in [0.5, 0.6) is 5.75 Å². The molecule has 2 N–H and O–H groups in total. The van der Waals surface area contributed by atoms with Crippen LogP contribution in [0.4, 0.5) is 15.8 Å². The molecule has 0 bridgehead atoms. The number of carbonyl (C=O) groups is 1. The maximum absolute atomic E-state index is 13.3. The van der Waals surface area contributed by atoms with E-state index in [0.717, 1.165) is 17.7 Å². The molecule has 0 atom stereocenters. The van der Waals surface area contributed by atoms with Crippen LogP contribution in [0.2, 0.25) is 0 Å². The van der Waals surface area contributed by atoms with E-state index in [1.807, 2.05) is 0 Å². The predicted molar refractivity (Wildman–Crippen MR) is 99.4 cm³/mol. The molecule has 0 aliphatic rings. The summed E-state index contributed by atoms with van der Waals surface area (Å²) in [6.07, 6.45) is 2.86. The first-order chi connectivity index (χ1) is 12.4. The number of anilines is 1. The van der Waals surface area contributed by atoms with E-state index in [9.17, 15) is 19.3 Å². The number of nitrogens with zero attached hydrogens (tertiary/aromatic N) is 1. The molecule has 2 aromatic carbocycles. The molecule has 0 aliphatic heterocycles. The van der Waals surface area contributed by atoms with Gasteiger partial charge >= 0.3 is 5.69 Å². The first kappa shape index (κ1) is 19.0. The average molecular weight is 375 g/mol. The van der Waals surface area contributed by atoms with Crippen LogP contribution in [0.1, 0.15) is 5.56 Å². The van der Waals surface area contributed by atoms with Crippen LogP contribution in [0.15, 0.2) is 48.5 Å². The van der Waals surface area contributed by atoms with Crippen molar-refractivity contribution in [3.05, 3.63) is 70.0 Å². The lowest BCUT2D eigenvalue weighted by atomic mass is 10.2. The van der Waals surface area contributed by atoms with E-state index >= 15 is 0 Å². The van der Waals surface area contributed by atoms with Gasteiger partial charge in [0.25, 0.3) is 0 Å². The van der Waals surface area contributed by atoms with E-state index < -0.39 is 22.3 Å². The summed E-state index contributed by atoms with van der Waals surface area (Å²) < 4.78 is 18.3. The van der Waals surface area contributed by atoms with E-state index in [4.69, 9.17) is 17.0 Å². The van der Waals surface area contributed by atoms with Gasteiger partial charge < -0.3 is 10.1 Å². The van der Waals surface area contributed by atoms with E-state index in [1.54, 1.807) is 37.5 Å². The highest BCUT2D eigenvalue weighted by Crippen LogP contribution is 2.21. The number of nitrogens with one attached hydrogen (secondary N) is 2. The number of halogens is 1. The molecule has 0 unspecified atom stereocenters. The molecule has 7 nitrogen and oxygen atoms in total. The fourth-order valence-electron chi connectivity index (χ4n) is 1.93. The quantitative estimate of drug-likeness (QED) is 0.361. The zero-order valence-corrected chi connectivity index (χ0v) is 14.4. The normalized spacial score (nSPS) is 10.4. The Hall–Kier alpha value is -3.33. The summed E-state index contributed by atoms with van der Waals surface area (Å²) in [5.41, 5.74) is 0.278. The van der Waals surface area contributed by atoms with Crippen molar-refractivity contribution < 1.29 is 18.8 Å². The maximum Gasteiger partial charge on any atom is 0.306 e. The molecule has 2 rings (SSSR count). The molecule has 134 valence electrons. The molecule has 0 aliphatic carbocycles. The zero-order chi connectivity index (χ0) is 19.1. The summed E-state index contributed by atoms with van der Waals surface area (Å²) in [5, 5.41) is 15.6. The number of amides is 1. The van der Waals surface area contributed by atoms with Crippen molar-refractivity contribution in [1.29, 1.82) is 0 Å². The predicted octanol–water partition coefficient (Wildman–Crippen LogP) is 3.27. The summed E-state index contributed by atoms with van der Waals surface area (Å²) in [5.74, 6) is -0.752. The van der Waals surface area contributed by atoms with Crippen molar-refractivity contribution in [2.75, 3.05) is 12.4 Å². The number of methoxy groups -OCH3 is 1. The van der Waals surface area contributed by atoms with Crippen LogP contribution in [0.25, 0.3) is 6.08 Å². The summed E-state index contributed by atoms with van der Waals surface area (Å²) in [6, 6.07) is 10.3. The standard InChI is InChI=1S/C17H14FN3O4S/c1-25-13-6-2-11(3-7-13)4-9-16(22)20-17(26)19-12-5-8-14(18)15(10-12)21(23)24/h2-10H,1H3,(H2,19,20,22,26)/b9-4+. The Balaban J connectivity index is 1.94. The number of nitro groups is 1. The lowest BCUT2D eigenvalue weighted by molar-refractivity contribution is -0.387. The summed E-state index contributed by atoms with van der Waals surface area (Å²) in [6.45, 7) is 0. The van der Waals surface area contributed by atoms with Gasteiger partial charge in [0, 0.05) is 17.8 Å². The molecule has 2 aromatic rings. The van der Waals surface area contributed by atoms with Crippen molar-refractivity contribution in [2.24, 2.45) is 0 Å². The van der Waals surface area contributed by atoms with Crippen molar-refractivity contribution in [1.82, 2.24) is 5.32 Å². The van der Waals surface area contributed by atoms with Crippen LogP contribution in [-0.2, 0) is 4.79 Å². The van der Waals surface area contributed by atoms with Crippen LogP contribution in [-0.4, -0.2) is 23.1 Å². The van der Waals surface area contributed by atoms with Crippen LogP contribution < -0.4 is 15.4 Å². The first-order valence-electron chi connectivity index (χ1n) is 7.27. The molecule has 0 spiro atoms. The van der Waals surface area contributed by atoms with Crippen molar-refractivity contribution >= 4 is 40.7 Å². The van der Waals surface area contributed by atoms with Gasteiger partial charge in [-0.15, -0.1) is 0 Å². The Morgan fingerprint density at radius 1 is 1.27 bits per heavy atom. The fraction of sp³-hybridized carbons (Fsp3) is 0.0588. The smallest absolute Gasteiger partial charge is 0.306 e. The molecule has 0 heterocycles. The van der Waals surface area contributed by atoms with Gasteiger partial charge in [-0.1, -0.05) is 12.1 Å². The number of benzene rings is 2. The lowest BCUT2D eigenvalue weighted by Gasteiger charge is -2.08. The molecule has 1 amide bonds. The molecule has 9 heteroatoms. The van der Waals surface area contributed by atoms with Gasteiger partial charge in [-0.2, -0.15) is 4.39 Å². The number of thiocarbonyl (C=S) groups is 1. The third kappa shape index (κ3) is 5.35. The third-order valence-corrected chi connectivity index (χ3v) is 3.38. The number of rotatable bonds is 5. The molecule has 0 fully saturated rings. The Bertz CT molecular complexity index is 869. The molecule has 0 aromatic heterocycles. The lowest BCUT2D eigenvalue weighted by Crippen LogP contribution is -2.32. The van der Waals surface area contributed by atoms with Gasteiger partial charge in [0.2, 0.25) is 11.7 Å². The molecule has 0 saturated heterocycles. The summed E-state index contributed by atoms with van der Waals surface area (Å²) >= 11 is 4.96. The Kier molecular flexibility index (Phi) is 6.34. The van der Waals surface area contributed by atoms with Gasteiger partial charge in [-0.3, -0.25) is 20.2 Å². The SMILES string of the molecule is COc1ccc(/C=C/C(=O)NC(=S)Nc2ccc(F)c([N+](=O)[O-])c2)cc1. The molecular formula is C17H14FN3O4S. The van der Waals surface area contributed by atoms with Gasteiger partial charge in [-0.05, 0) is 48.1 Å². The van der Waals surface area contributed by atoms with Crippen molar-refractivity contribution in [3.8, 4) is 5.75 Å². The number of ether oxygens (including phenoxy) is 1. The minimum Gasteiger partial charge on any atom is -0.497 e. The minimum atomic E-state index is -0.960.